The van der Waals surface area contributed by atoms with Crippen LogP contribution in [-0.4, -0.2) is 22.9 Å². The quantitative estimate of drug-likeness (QED) is 0.919. The molecule has 0 saturated carbocycles. The minimum absolute atomic E-state index is 0.0677. The van der Waals surface area contributed by atoms with Crippen LogP contribution in [0.5, 0.6) is 11.5 Å². The number of pyridine rings is 1. The molecule has 7 heteroatoms. The van der Waals surface area contributed by atoms with Crippen LogP contribution in [0.15, 0.2) is 24.3 Å². The number of aromatic carboxylic acids is 1. The maximum Gasteiger partial charge on any atom is 0.356 e. The summed E-state index contributed by atoms with van der Waals surface area (Å²) in [5, 5.41) is 9.49. The molecule has 102 valence electrons. The van der Waals surface area contributed by atoms with E-state index in [9.17, 15) is 4.79 Å². The number of hydrogen-bond acceptors (Lipinski definition) is 4. The second kappa shape index (κ2) is 4.85. The van der Waals surface area contributed by atoms with E-state index in [1.165, 1.54) is 6.07 Å². The smallest absolute Gasteiger partial charge is 0.356 e. The topological polar surface area (TPSA) is 68.7 Å². The molecule has 1 aliphatic rings. The van der Waals surface area contributed by atoms with Crippen molar-refractivity contribution in [2.24, 2.45) is 0 Å². The zero-order valence-corrected chi connectivity index (χ0v) is 11.4. The number of carbonyl (C=O) groups is 1. The normalized spacial score (nSPS) is 12.5. The van der Waals surface area contributed by atoms with Gasteiger partial charge < -0.3 is 14.6 Å². The van der Waals surface area contributed by atoms with E-state index >= 15 is 0 Å². The standard InChI is InChI=1S/C13H7Cl2NO4/c14-7-1-2-9(16-12(7)13(17)18)6-3-10-11(4-8(6)15)20-5-19-10/h1-4H,5H2,(H,17,18). The highest BCUT2D eigenvalue weighted by molar-refractivity contribution is 6.34. The molecule has 1 aromatic heterocycles. The third kappa shape index (κ3) is 2.15. The first-order valence-electron chi connectivity index (χ1n) is 5.55. The van der Waals surface area contributed by atoms with Crippen molar-refractivity contribution >= 4 is 29.2 Å². The van der Waals surface area contributed by atoms with Gasteiger partial charge in [0, 0.05) is 11.6 Å². The molecule has 0 unspecified atom stereocenters. The lowest BCUT2D eigenvalue weighted by molar-refractivity contribution is 0.0691. The summed E-state index contributed by atoms with van der Waals surface area (Å²) in [6.45, 7) is 0.129. The summed E-state index contributed by atoms with van der Waals surface area (Å²) >= 11 is 11.9. The Morgan fingerprint density at radius 2 is 1.85 bits per heavy atom. The number of ether oxygens (including phenoxy) is 2. The fourth-order valence-corrected chi connectivity index (χ4v) is 2.29. The SMILES string of the molecule is O=C(O)c1nc(-c2cc3c(cc2Cl)OCO3)ccc1Cl. The van der Waals surface area contributed by atoms with Crippen molar-refractivity contribution in [2.75, 3.05) is 6.79 Å². The Labute approximate surface area is 123 Å². The fourth-order valence-electron chi connectivity index (χ4n) is 1.86. The third-order valence-electron chi connectivity index (χ3n) is 2.79. The predicted molar refractivity (Wildman–Crippen MR) is 72.8 cm³/mol. The Morgan fingerprint density at radius 1 is 1.15 bits per heavy atom. The van der Waals surface area contributed by atoms with Crippen LogP contribution in [0.3, 0.4) is 0 Å². The van der Waals surface area contributed by atoms with Gasteiger partial charge in [0.1, 0.15) is 0 Å². The highest BCUT2D eigenvalue weighted by Crippen LogP contribution is 2.40. The molecule has 1 aliphatic heterocycles. The number of halogens is 2. The number of hydrogen-bond donors (Lipinski definition) is 1. The highest BCUT2D eigenvalue weighted by Gasteiger charge is 2.19. The first-order valence-corrected chi connectivity index (χ1v) is 6.31. The van der Waals surface area contributed by atoms with Crippen molar-refractivity contribution in [2.45, 2.75) is 0 Å². The van der Waals surface area contributed by atoms with E-state index < -0.39 is 5.97 Å². The first-order chi connectivity index (χ1) is 9.56. The maximum absolute atomic E-state index is 11.1. The van der Waals surface area contributed by atoms with Gasteiger partial charge in [-0.1, -0.05) is 23.2 Å². The van der Waals surface area contributed by atoms with Crippen molar-refractivity contribution in [3.63, 3.8) is 0 Å². The van der Waals surface area contributed by atoms with Crippen LogP contribution in [0.1, 0.15) is 10.5 Å². The van der Waals surface area contributed by atoms with Crippen LogP contribution < -0.4 is 9.47 Å². The molecule has 0 spiro atoms. The van der Waals surface area contributed by atoms with E-state index in [-0.39, 0.29) is 17.5 Å². The summed E-state index contributed by atoms with van der Waals surface area (Å²) in [5.74, 6) is -0.113. The number of fused-ring (bicyclic) bond motifs is 1. The van der Waals surface area contributed by atoms with Crippen molar-refractivity contribution in [1.29, 1.82) is 0 Å². The first kappa shape index (κ1) is 13.0. The molecular formula is C13H7Cl2NO4. The van der Waals surface area contributed by atoms with Crippen LogP contribution in [-0.2, 0) is 0 Å². The van der Waals surface area contributed by atoms with E-state index in [2.05, 4.69) is 4.98 Å². The number of nitrogens with zero attached hydrogens (tertiary/aromatic N) is 1. The predicted octanol–water partition coefficient (Wildman–Crippen LogP) is 3.48. The summed E-state index contributed by atoms with van der Waals surface area (Å²) in [6, 6.07) is 6.33. The fraction of sp³-hybridized carbons (Fsp3) is 0.0769. The van der Waals surface area contributed by atoms with E-state index in [1.54, 1.807) is 18.2 Å². The van der Waals surface area contributed by atoms with Gasteiger partial charge >= 0.3 is 5.97 Å². The van der Waals surface area contributed by atoms with Crippen LogP contribution >= 0.6 is 23.2 Å². The van der Waals surface area contributed by atoms with Crippen LogP contribution in [0.25, 0.3) is 11.3 Å². The summed E-state index contributed by atoms with van der Waals surface area (Å²) in [7, 11) is 0. The van der Waals surface area contributed by atoms with Gasteiger partial charge in [-0.05, 0) is 18.2 Å². The maximum atomic E-state index is 11.1. The Hall–Kier alpha value is -1.98. The second-order valence-corrected chi connectivity index (χ2v) is 4.83. The average Bonchev–Trinajstić information content (AvgIpc) is 2.85. The van der Waals surface area contributed by atoms with Gasteiger partial charge in [-0.2, -0.15) is 0 Å². The number of aromatic nitrogens is 1. The summed E-state index contributed by atoms with van der Waals surface area (Å²) in [5.41, 5.74) is 0.725. The molecule has 0 saturated heterocycles. The van der Waals surface area contributed by atoms with E-state index in [1.807, 2.05) is 0 Å². The minimum atomic E-state index is -1.20. The molecule has 0 bridgehead atoms. The molecule has 2 heterocycles. The van der Waals surface area contributed by atoms with Crippen molar-refractivity contribution in [3.8, 4) is 22.8 Å². The monoisotopic (exact) mass is 311 g/mol. The molecule has 5 nitrogen and oxygen atoms in total. The molecule has 20 heavy (non-hydrogen) atoms. The van der Waals surface area contributed by atoms with Gasteiger partial charge in [0.15, 0.2) is 17.2 Å². The summed E-state index contributed by atoms with van der Waals surface area (Å²) in [6.07, 6.45) is 0. The van der Waals surface area contributed by atoms with Gasteiger partial charge in [0.05, 0.1) is 15.7 Å². The largest absolute Gasteiger partial charge is 0.476 e. The Balaban J connectivity index is 2.14. The molecule has 0 amide bonds. The number of benzene rings is 1. The van der Waals surface area contributed by atoms with Crippen LogP contribution in [0.4, 0.5) is 0 Å². The summed E-state index contributed by atoms with van der Waals surface area (Å²) in [4.78, 5) is 15.1. The summed E-state index contributed by atoms with van der Waals surface area (Å²) < 4.78 is 10.5. The van der Waals surface area contributed by atoms with Gasteiger partial charge in [-0.25, -0.2) is 9.78 Å². The van der Waals surface area contributed by atoms with E-state index in [4.69, 9.17) is 37.8 Å². The van der Waals surface area contributed by atoms with E-state index in [0.29, 0.717) is 27.8 Å². The average molecular weight is 312 g/mol. The molecule has 1 aromatic carbocycles. The third-order valence-corrected chi connectivity index (χ3v) is 3.40. The minimum Gasteiger partial charge on any atom is -0.476 e. The zero-order valence-electron chi connectivity index (χ0n) is 9.89. The van der Waals surface area contributed by atoms with Gasteiger partial charge in [-0.3, -0.25) is 0 Å². The molecule has 0 aliphatic carbocycles. The molecule has 0 atom stereocenters. The molecular weight excluding hydrogens is 305 g/mol. The zero-order chi connectivity index (χ0) is 14.3. The highest BCUT2D eigenvalue weighted by atomic mass is 35.5. The molecule has 0 fully saturated rings. The Bertz CT molecular complexity index is 718. The van der Waals surface area contributed by atoms with Crippen molar-refractivity contribution < 1.29 is 19.4 Å². The van der Waals surface area contributed by atoms with Crippen molar-refractivity contribution in [1.82, 2.24) is 4.98 Å². The lowest BCUT2D eigenvalue weighted by Gasteiger charge is -2.07. The van der Waals surface area contributed by atoms with Crippen LogP contribution in [0, 0.1) is 0 Å². The lowest BCUT2D eigenvalue weighted by atomic mass is 10.1. The number of rotatable bonds is 2. The Morgan fingerprint density at radius 3 is 2.55 bits per heavy atom. The van der Waals surface area contributed by atoms with Crippen molar-refractivity contribution in [3.05, 3.63) is 40.0 Å². The molecule has 3 rings (SSSR count). The molecule has 0 radical (unpaired) electrons. The second-order valence-electron chi connectivity index (χ2n) is 4.02. The van der Waals surface area contributed by atoms with Crippen LogP contribution in [0.2, 0.25) is 10.0 Å². The van der Waals surface area contributed by atoms with E-state index in [0.717, 1.165) is 0 Å². The molecule has 2 aromatic rings. The molecule has 1 N–H and O–H groups in total. The van der Waals surface area contributed by atoms with Gasteiger partial charge in [0.2, 0.25) is 6.79 Å². The van der Waals surface area contributed by atoms with Gasteiger partial charge in [-0.15, -0.1) is 0 Å². The number of carboxylic acids is 1. The Kier molecular flexibility index (Phi) is 3.16. The lowest BCUT2D eigenvalue weighted by Crippen LogP contribution is -2.02. The van der Waals surface area contributed by atoms with Gasteiger partial charge in [0.25, 0.3) is 0 Å². The number of carboxylic acid groups (broad SMARTS) is 1.